The van der Waals surface area contributed by atoms with Crippen LogP contribution in [0.3, 0.4) is 0 Å². The molecule has 0 aliphatic carbocycles. The van der Waals surface area contributed by atoms with Crippen molar-refractivity contribution in [2.45, 2.75) is 19.1 Å². The molecule has 0 saturated carbocycles. The lowest BCUT2D eigenvalue weighted by Crippen LogP contribution is -2.28. The summed E-state index contributed by atoms with van der Waals surface area (Å²) in [7, 11) is 0. The smallest absolute Gasteiger partial charge is 0.238 e. The number of rotatable bonds is 4. The molecule has 0 saturated heterocycles. The first-order valence-electron chi connectivity index (χ1n) is 7.87. The number of carbonyl (C=O) groups is 2. The van der Waals surface area contributed by atoms with Gasteiger partial charge < -0.3 is 5.32 Å². The Hall–Kier alpha value is -2.11. The van der Waals surface area contributed by atoms with E-state index >= 15 is 0 Å². The minimum Gasteiger partial charge on any atom is -0.325 e. The molecule has 1 N–H and O–H groups in total. The second-order valence-corrected chi connectivity index (χ2v) is 7.47. The van der Waals surface area contributed by atoms with Gasteiger partial charge in [0.1, 0.15) is 0 Å². The molecule has 2 heterocycles. The zero-order valence-electron chi connectivity index (χ0n) is 13.8. The molecule has 1 amide bonds. The van der Waals surface area contributed by atoms with Gasteiger partial charge in [0, 0.05) is 22.4 Å². The Morgan fingerprint density at radius 1 is 1.24 bits per heavy atom. The van der Waals surface area contributed by atoms with E-state index < -0.39 is 0 Å². The Morgan fingerprint density at radius 2 is 2.04 bits per heavy atom. The van der Waals surface area contributed by atoms with Gasteiger partial charge in [0.25, 0.3) is 0 Å². The number of amides is 1. The SMILES string of the molecule is CC(=O)C1=CC(C)C(C(=O)Nc2ccc(Cl)c(-c3ccccn3)c2)S1. The summed E-state index contributed by atoms with van der Waals surface area (Å²) >= 11 is 7.59. The Balaban J connectivity index is 1.78. The van der Waals surface area contributed by atoms with Crippen LogP contribution in [0.5, 0.6) is 0 Å². The Bertz CT molecular complexity index is 852. The Labute approximate surface area is 155 Å². The van der Waals surface area contributed by atoms with Crippen molar-refractivity contribution in [3.63, 3.8) is 0 Å². The zero-order valence-corrected chi connectivity index (χ0v) is 15.4. The maximum Gasteiger partial charge on any atom is 0.238 e. The van der Waals surface area contributed by atoms with E-state index in [1.165, 1.54) is 18.7 Å². The maximum absolute atomic E-state index is 12.6. The number of hydrogen-bond donors (Lipinski definition) is 1. The summed E-state index contributed by atoms with van der Waals surface area (Å²) in [5.41, 5.74) is 2.15. The van der Waals surface area contributed by atoms with Crippen LogP contribution in [0.15, 0.2) is 53.6 Å². The fourth-order valence-electron chi connectivity index (χ4n) is 2.64. The summed E-state index contributed by atoms with van der Waals surface area (Å²) in [6, 6.07) is 10.9. The molecule has 2 aromatic rings. The Morgan fingerprint density at radius 3 is 2.68 bits per heavy atom. The van der Waals surface area contributed by atoms with E-state index in [0.29, 0.717) is 15.6 Å². The highest BCUT2D eigenvalue weighted by Gasteiger charge is 2.32. The molecular weight excluding hydrogens is 356 g/mol. The summed E-state index contributed by atoms with van der Waals surface area (Å²) < 4.78 is 0. The molecule has 0 fully saturated rings. The standard InChI is InChI=1S/C19H17ClN2O2S/c1-11-9-17(12(2)23)25-18(11)19(24)22-13-6-7-15(20)14(10-13)16-5-3-4-8-21-16/h3-11,18H,1-2H3,(H,22,24). The van der Waals surface area contributed by atoms with Crippen LogP contribution in [0, 0.1) is 5.92 Å². The fourth-order valence-corrected chi connectivity index (χ4v) is 4.04. The van der Waals surface area contributed by atoms with E-state index in [4.69, 9.17) is 11.6 Å². The molecular formula is C19H17ClN2O2S. The van der Waals surface area contributed by atoms with Gasteiger partial charge in [0.15, 0.2) is 5.78 Å². The number of carbonyl (C=O) groups excluding carboxylic acids is 2. The highest BCUT2D eigenvalue weighted by molar-refractivity contribution is 8.05. The number of thioether (sulfide) groups is 1. The number of pyridine rings is 1. The third kappa shape index (κ3) is 3.94. The van der Waals surface area contributed by atoms with Crippen LogP contribution in [0.1, 0.15) is 13.8 Å². The van der Waals surface area contributed by atoms with Crippen molar-refractivity contribution in [2.24, 2.45) is 5.92 Å². The van der Waals surface area contributed by atoms with E-state index in [1.54, 1.807) is 18.3 Å². The summed E-state index contributed by atoms with van der Waals surface area (Å²) in [6.45, 7) is 3.46. The van der Waals surface area contributed by atoms with Gasteiger partial charge in [-0.1, -0.05) is 30.7 Å². The predicted molar refractivity (Wildman–Crippen MR) is 103 cm³/mol. The first-order valence-corrected chi connectivity index (χ1v) is 9.12. The van der Waals surface area contributed by atoms with Crippen LogP contribution in [0.4, 0.5) is 5.69 Å². The molecule has 2 atom stereocenters. The molecule has 0 radical (unpaired) electrons. The lowest BCUT2D eigenvalue weighted by molar-refractivity contribution is -0.116. The van der Waals surface area contributed by atoms with Crippen LogP contribution in [-0.2, 0) is 9.59 Å². The van der Waals surface area contributed by atoms with Crippen LogP contribution in [0.25, 0.3) is 11.3 Å². The molecule has 1 aliphatic rings. The van der Waals surface area contributed by atoms with Gasteiger partial charge >= 0.3 is 0 Å². The number of aromatic nitrogens is 1. The highest BCUT2D eigenvalue weighted by atomic mass is 35.5. The maximum atomic E-state index is 12.6. The molecule has 0 spiro atoms. The quantitative estimate of drug-likeness (QED) is 0.854. The number of Topliss-reactive ketones (excluding diaryl/α,β-unsaturated/α-hetero) is 1. The lowest BCUT2D eigenvalue weighted by Gasteiger charge is -2.15. The number of nitrogens with one attached hydrogen (secondary N) is 1. The zero-order chi connectivity index (χ0) is 18.0. The normalized spacial score (nSPS) is 19.4. The topological polar surface area (TPSA) is 59.1 Å². The molecule has 25 heavy (non-hydrogen) atoms. The number of benzene rings is 1. The van der Waals surface area contributed by atoms with E-state index in [9.17, 15) is 9.59 Å². The average molecular weight is 373 g/mol. The minimum absolute atomic E-state index is 0.00363. The predicted octanol–water partition coefficient (Wildman–Crippen LogP) is 4.56. The van der Waals surface area contributed by atoms with E-state index in [2.05, 4.69) is 10.3 Å². The van der Waals surface area contributed by atoms with Gasteiger partial charge in [-0.15, -0.1) is 11.8 Å². The van der Waals surface area contributed by atoms with Gasteiger partial charge in [-0.25, -0.2) is 0 Å². The number of hydrogen-bond acceptors (Lipinski definition) is 4. The van der Waals surface area contributed by atoms with E-state index in [-0.39, 0.29) is 22.9 Å². The molecule has 128 valence electrons. The Kier molecular flexibility index (Phi) is 5.25. The van der Waals surface area contributed by atoms with Crippen molar-refractivity contribution >= 4 is 40.7 Å². The minimum atomic E-state index is -0.312. The van der Waals surface area contributed by atoms with Crippen molar-refractivity contribution in [1.29, 1.82) is 0 Å². The van der Waals surface area contributed by atoms with Crippen LogP contribution in [-0.4, -0.2) is 21.9 Å². The first kappa shape index (κ1) is 17.7. The molecule has 0 bridgehead atoms. The van der Waals surface area contributed by atoms with Crippen LogP contribution in [0.2, 0.25) is 5.02 Å². The number of halogens is 1. The third-order valence-electron chi connectivity index (χ3n) is 3.93. The second kappa shape index (κ2) is 7.42. The van der Waals surface area contributed by atoms with Crippen molar-refractivity contribution in [2.75, 3.05) is 5.32 Å². The van der Waals surface area contributed by atoms with Crippen molar-refractivity contribution in [3.05, 3.63) is 58.6 Å². The average Bonchev–Trinajstić information content (AvgIpc) is 2.99. The van der Waals surface area contributed by atoms with Crippen molar-refractivity contribution in [1.82, 2.24) is 4.98 Å². The van der Waals surface area contributed by atoms with Gasteiger partial charge in [0.2, 0.25) is 5.91 Å². The number of anilines is 1. The molecule has 1 aliphatic heterocycles. The highest BCUT2D eigenvalue weighted by Crippen LogP contribution is 2.38. The van der Waals surface area contributed by atoms with Gasteiger partial charge in [-0.05, 0) is 43.2 Å². The number of allylic oxidation sites excluding steroid dienone is 2. The van der Waals surface area contributed by atoms with Gasteiger partial charge in [0.05, 0.1) is 16.0 Å². The summed E-state index contributed by atoms with van der Waals surface area (Å²) in [5, 5.41) is 3.18. The molecule has 6 heteroatoms. The molecule has 3 rings (SSSR count). The van der Waals surface area contributed by atoms with E-state index in [1.807, 2.05) is 37.3 Å². The van der Waals surface area contributed by atoms with E-state index in [0.717, 1.165) is 11.3 Å². The van der Waals surface area contributed by atoms with Crippen molar-refractivity contribution < 1.29 is 9.59 Å². The molecule has 4 nitrogen and oxygen atoms in total. The summed E-state index contributed by atoms with van der Waals surface area (Å²) in [5.74, 6) is -0.123. The summed E-state index contributed by atoms with van der Waals surface area (Å²) in [6.07, 6.45) is 3.56. The second-order valence-electron chi connectivity index (χ2n) is 5.88. The lowest BCUT2D eigenvalue weighted by atomic mass is 10.1. The van der Waals surface area contributed by atoms with Crippen molar-refractivity contribution in [3.8, 4) is 11.3 Å². The number of nitrogens with zero attached hydrogens (tertiary/aromatic N) is 1. The summed E-state index contributed by atoms with van der Waals surface area (Å²) in [4.78, 5) is 29.1. The molecule has 2 unspecified atom stereocenters. The molecule has 1 aromatic carbocycles. The molecule has 1 aromatic heterocycles. The number of ketones is 1. The largest absolute Gasteiger partial charge is 0.325 e. The van der Waals surface area contributed by atoms with Crippen LogP contribution < -0.4 is 5.32 Å². The first-order chi connectivity index (χ1) is 12.0. The van der Waals surface area contributed by atoms with Crippen LogP contribution >= 0.6 is 23.4 Å². The van der Waals surface area contributed by atoms with Gasteiger partial charge in [-0.2, -0.15) is 0 Å². The third-order valence-corrected chi connectivity index (χ3v) is 5.83. The monoisotopic (exact) mass is 372 g/mol. The fraction of sp³-hybridized carbons (Fsp3) is 0.211. The van der Waals surface area contributed by atoms with Gasteiger partial charge in [-0.3, -0.25) is 14.6 Å².